The van der Waals surface area contributed by atoms with Gasteiger partial charge in [0.05, 0.1) is 0 Å². The van der Waals surface area contributed by atoms with Gasteiger partial charge in [0.2, 0.25) is 5.95 Å². The molecule has 1 heterocycles. The summed E-state index contributed by atoms with van der Waals surface area (Å²) in [4.78, 5) is 7.88. The first kappa shape index (κ1) is 10.9. The number of nitrogens with one attached hydrogen (secondary N) is 1. The smallest absolute Gasteiger partial charge is 0.221 e. The number of aryl methyl sites for hydroxylation is 1. The second-order valence-electron chi connectivity index (χ2n) is 2.96. The van der Waals surface area contributed by atoms with Crippen LogP contribution in [-0.2, 0) is 10.8 Å². The Morgan fingerprint density at radius 2 is 2.36 bits per heavy atom. The summed E-state index contributed by atoms with van der Waals surface area (Å²) in [6, 6.07) is 0. The molecule has 0 amide bonds. The number of hydrogen-bond donors (Lipinski definition) is 2. The largest absolute Gasteiger partial charge is 0.369 e. The Kier molecular flexibility index (Phi) is 3.82. The Hall–Kier alpha value is -1.17. The maximum atomic E-state index is 10.8. The fraction of sp³-hybridized carbons (Fsp3) is 0.500. The Labute approximate surface area is 85.6 Å². The standard InChI is InChI=1S/C8H14N4OS/c1-6-5-11-8(9)12-7(6)10-3-4-14(2)13/h5H,3-4H2,1-2H3,(H3,9,10,11,12). The van der Waals surface area contributed by atoms with Crippen LogP contribution in [0.5, 0.6) is 0 Å². The molecule has 0 aliphatic carbocycles. The van der Waals surface area contributed by atoms with E-state index in [-0.39, 0.29) is 5.95 Å². The highest BCUT2D eigenvalue weighted by atomic mass is 32.2. The van der Waals surface area contributed by atoms with E-state index in [1.54, 1.807) is 12.5 Å². The zero-order chi connectivity index (χ0) is 10.6. The number of rotatable bonds is 4. The van der Waals surface area contributed by atoms with Crippen LogP contribution in [0.4, 0.5) is 11.8 Å². The van der Waals surface area contributed by atoms with Crippen LogP contribution < -0.4 is 11.1 Å². The molecule has 0 bridgehead atoms. The summed E-state index contributed by atoms with van der Waals surface area (Å²) >= 11 is 0. The van der Waals surface area contributed by atoms with E-state index in [1.165, 1.54) is 0 Å². The molecule has 1 rings (SSSR count). The van der Waals surface area contributed by atoms with E-state index in [9.17, 15) is 4.21 Å². The summed E-state index contributed by atoms with van der Waals surface area (Å²) in [5, 5.41) is 3.06. The molecule has 3 N–H and O–H groups in total. The van der Waals surface area contributed by atoms with Gasteiger partial charge < -0.3 is 11.1 Å². The third kappa shape index (κ3) is 3.29. The monoisotopic (exact) mass is 214 g/mol. The van der Waals surface area contributed by atoms with Gasteiger partial charge in [0.1, 0.15) is 5.82 Å². The van der Waals surface area contributed by atoms with Gasteiger partial charge in [0, 0.05) is 41.1 Å². The van der Waals surface area contributed by atoms with Gasteiger partial charge in [-0.3, -0.25) is 4.21 Å². The van der Waals surface area contributed by atoms with Crippen LogP contribution in [0.25, 0.3) is 0 Å². The van der Waals surface area contributed by atoms with Gasteiger partial charge in [0.25, 0.3) is 0 Å². The summed E-state index contributed by atoms with van der Waals surface area (Å²) in [5.74, 6) is 1.56. The average Bonchev–Trinajstić information content (AvgIpc) is 2.10. The van der Waals surface area contributed by atoms with Crippen LogP contribution in [0.2, 0.25) is 0 Å². The summed E-state index contributed by atoms with van der Waals surface area (Å²) in [6.07, 6.45) is 3.33. The summed E-state index contributed by atoms with van der Waals surface area (Å²) in [6.45, 7) is 2.52. The van der Waals surface area contributed by atoms with E-state index in [0.717, 1.165) is 5.56 Å². The molecule has 14 heavy (non-hydrogen) atoms. The van der Waals surface area contributed by atoms with Crippen molar-refractivity contribution in [3.63, 3.8) is 0 Å². The SMILES string of the molecule is Cc1cnc(N)nc1NCCS(C)=O. The van der Waals surface area contributed by atoms with E-state index < -0.39 is 10.8 Å². The number of hydrogen-bond acceptors (Lipinski definition) is 5. The van der Waals surface area contributed by atoms with Crippen molar-refractivity contribution in [3.8, 4) is 0 Å². The Bertz CT molecular complexity index is 342. The Balaban J connectivity index is 2.57. The minimum absolute atomic E-state index is 0.246. The lowest BCUT2D eigenvalue weighted by atomic mass is 10.3. The lowest BCUT2D eigenvalue weighted by Gasteiger charge is -2.07. The van der Waals surface area contributed by atoms with Gasteiger partial charge in [-0.15, -0.1) is 0 Å². The lowest BCUT2D eigenvalue weighted by Crippen LogP contribution is -2.12. The minimum Gasteiger partial charge on any atom is -0.369 e. The van der Waals surface area contributed by atoms with Gasteiger partial charge in [-0.25, -0.2) is 4.98 Å². The molecule has 5 nitrogen and oxygen atoms in total. The van der Waals surface area contributed by atoms with Gasteiger partial charge in [-0.2, -0.15) is 4.98 Å². The van der Waals surface area contributed by atoms with Crippen LogP contribution >= 0.6 is 0 Å². The quantitative estimate of drug-likeness (QED) is 0.746. The molecule has 0 fully saturated rings. The molecule has 1 atom stereocenters. The topological polar surface area (TPSA) is 80.9 Å². The first-order valence-corrected chi connectivity index (χ1v) is 5.95. The molecule has 0 aliphatic heterocycles. The van der Waals surface area contributed by atoms with Gasteiger partial charge in [-0.1, -0.05) is 0 Å². The highest BCUT2D eigenvalue weighted by Crippen LogP contribution is 2.09. The zero-order valence-corrected chi connectivity index (χ0v) is 9.10. The van der Waals surface area contributed by atoms with Crippen LogP contribution in [0.3, 0.4) is 0 Å². The summed E-state index contributed by atoms with van der Waals surface area (Å²) in [5.41, 5.74) is 6.37. The highest BCUT2D eigenvalue weighted by Gasteiger charge is 2.00. The molecule has 1 aromatic heterocycles. The zero-order valence-electron chi connectivity index (χ0n) is 8.28. The number of anilines is 2. The van der Waals surface area contributed by atoms with E-state index in [2.05, 4.69) is 15.3 Å². The molecule has 6 heteroatoms. The molecule has 0 radical (unpaired) electrons. The first-order valence-electron chi connectivity index (χ1n) is 4.22. The molecule has 1 aromatic rings. The number of nitrogens with two attached hydrogens (primary N) is 1. The summed E-state index contributed by atoms with van der Waals surface area (Å²) in [7, 11) is -0.788. The van der Waals surface area contributed by atoms with E-state index >= 15 is 0 Å². The van der Waals surface area contributed by atoms with Crippen molar-refractivity contribution in [1.82, 2.24) is 9.97 Å². The van der Waals surface area contributed by atoms with Crippen molar-refractivity contribution < 1.29 is 4.21 Å². The van der Waals surface area contributed by atoms with Gasteiger partial charge >= 0.3 is 0 Å². The number of nitrogens with zero attached hydrogens (tertiary/aromatic N) is 2. The van der Waals surface area contributed by atoms with E-state index in [1.807, 2.05) is 6.92 Å². The van der Waals surface area contributed by atoms with Crippen LogP contribution in [0.15, 0.2) is 6.20 Å². The molecular formula is C8H14N4OS. The number of aromatic nitrogens is 2. The van der Waals surface area contributed by atoms with Crippen molar-refractivity contribution in [1.29, 1.82) is 0 Å². The van der Waals surface area contributed by atoms with E-state index in [4.69, 9.17) is 5.73 Å². The third-order valence-corrected chi connectivity index (χ3v) is 2.45. The third-order valence-electron chi connectivity index (χ3n) is 1.67. The van der Waals surface area contributed by atoms with Crippen LogP contribution in [-0.4, -0.2) is 32.7 Å². The second kappa shape index (κ2) is 4.90. The highest BCUT2D eigenvalue weighted by molar-refractivity contribution is 7.84. The predicted molar refractivity (Wildman–Crippen MR) is 58.6 cm³/mol. The molecule has 0 saturated carbocycles. The Morgan fingerprint density at radius 3 is 3.00 bits per heavy atom. The van der Waals surface area contributed by atoms with Crippen molar-refractivity contribution >= 4 is 22.6 Å². The summed E-state index contributed by atoms with van der Waals surface area (Å²) < 4.78 is 10.8. The fourth-order valence-electron chi connectivity index (χ4n) is 0.948. The molecule has 0 saturated heterocycles. The van der Waals surface area contributed by atoms with Gasteiger partial charge in [-0.05, 0) is 6.92 Å². The molecular weight excluding hydrogens is 200 g/mol. The van der Waals surface area contributed by atoms with E-state index in [0.29, 0.717) is 18.1 Å². The van der Waals surface area contributed by atoms with Crippen molar-refractivity contribution in [3.05, 3.63) is 11.8 Å². The molecule has 1 unspecified atom stereocenters. The maximum absolute atomic E-state index is 10.8. The molecule has 0 spiro atoms. The first-order chi connectivity index (χ1) is 6.59. The normalized spacial score (nSPS) is 12.4. The lowest BCUT2D eigenvalue weighted by molar-refractivity contribution is 0.687. The molecule has 0 aliphatic rings. The van der Waals surface area contributed by atoms with Crippen molar-refractivity contribution in [2.45, 2.75) is 6.92 Å². The van der Waals surface area contributed by atoms with Crippen molar-refractivity contribution in [2.24, 2.45) is 0 Å². The van der Waals surface area contributed by atoms with Crippen LogP contribution in [0, 0.1) is 6.92 Å². The molecule has 0 aromatic carbocycles. The van der Waals surface area contributed by atoms with Crippen molar-refractivity contribution in [2.75, 3.05) is 29.6 Å². The minimum atomic E-state index is -0.788. The Morgan fingerprint density at radius 1 is 1.64 bits per heavy atom. The number of nitrogen functional groups attached to an aromatic ring is 1. The second-order valence-corrected chi connectivity index (χ2v) is 4.52. The van der Waals surface area contributed by atoms with Gasteiger partial charge in [0.15, 0.2) is 0 Å². The fourth-order valence-corrected chi connectivity index (χ4v) is 1.34. The molecule has 78 valence electrons. The van der Waals surface area contributed by atoms with Crippen LogP contribution in [0.1, 0.15) is 5.56 Å². The maximum Gasteiger partial charge on any atom is 0.221 e. The average molecular weight is 214 g/mol. The predicted octanol–water partition coefficient (Wildman–Crippen LogP) is 0.158.